The molecule has 8 rings (SSSR count). The van der Waals surface area contributed by atoms with Crippen molar-refractivity contribution in [3.05, 3.63) is 140 Å². The zero-order chi connectivity index (χ0) is 25.1. The molecule has 0 saturated heterocycles. The standard InChI is InChI=1S/C36H23NS/c1-3-10-24(11-4-1)25-18-20-27(21-19-25)37(26-12-5-2-6-13-26)32-23-22-31-29-15-8-7-14-28(29)30-16-9-17-33-34(30)35(31)36(32)38-33/h1-23H. The van der Waals surface area contributed by atoms with Gasteiger partial charge in [-0.15, -0.1) is 11.3 Å². The van der Waals surface area contributed by atoms with Crippen molar-refractivity contribution in [3.8, 4) is 11.1 Å². The molecule has 0 aliphatic rings. The van der Waals surface area contributed by atoms with E-state index >= 15 is 0 Å². The minimum absolute atomic E-state index is 1.15. The number of rotatable bonds is 4. The van der Waals surface area contributed by atoms with Crippen molar-refractivity contribution in [3.63, 3.8) is 0 Å². The highest BCUT2D eigenvalue weighted by molar-refractivity contribution is 7.26. The van der Waals surface area contributed by atoms with Gasteiger partial charge in [0.15, 0.2) is 0 Å². The van der Waals surface area contributed by atoms with Crippen LogP contribution in [0.1, 0.15) is 0 Å². The maximum Gasteiger partial charge on any atom is 0.0640 e. The second-order valence-corrected chi connectivity index (χ2v) is 10.8. The Morgan fingerprint density at radius 3 is 1.71 bits per heavy atom. The van der Waals surface area contributed by atoms with E-state index in [9.17, 15) is 0 Å². The van der Waals surface area contributed by atoms with Crippen LogP contribution in [0.15, 0.2) is 140 Å². The summed E-state index contributed by atoms with van der Waals surface area (Å²) in [5.74, 6) is 0. The van der Waals surface area contributed by atoms with E-state index in [1.807, 2.05) is 11.3 Å². The molecule has 0 bridgehead atoms. The molecule has 1 nitrogen and oxygen atoms in total. The Morgan fingerprint density at radius 1 is 0.395 bits per heavy atom. The van der Waals surface area contributed by atoms with Gasteiger partial charge >= 0.3 is 0 Å². The Labute approximate surface area is 225 Å². The lowest BCUT2D eigenvalue weighted by molar-refractivity contribution is 1.30. The molecule has 1 heterocycles. The summed E-state index contributed by atoms with van der Waals surface area (Å²) in [4.78, 5) is 2.41. The maximum atomic E-state index is 2.41. The van der Waals surface area contributed by atoms with Gasteiger partial charge < -0.3 is 4.90 Å². The van der Waals surface area contributed by atoms with Crippen LogP contribution in [0.5, 0.6) is 0 Å². The van der Waals surface area contributed by atoms with Gasteiger partial charge in [-0.25, -0.2) is 0 Å². The van der Waals surface area contributed by atoms with Gasteiger partial charge in [-0.2, -0.15) is 0 Å². The average molecular weight is 502 g/mol. The molecule has 0 unspecified atom stereocenters. The van der Waals surface area contributed by atoms with E-state index < -0.39 is 0 Å². The van der Waals surface area contributed by atoms with E-state index in [2.05, 4.69) is 144 Å². The first-order chi connectivity index (χ1) is 18.9. The Kier molecular flexibility index (Phi) is 4.76. The molecule has 38 heavy (non-hydrogen) atoms. The Balaban J connectivity index is 1.40. The summed E-state index contributed by atoms with van der Waals surface area (Å²) in [5, 5.41) is 8.08. The van der Waals surface area contributed by atoms with Crippen LogP contribution in [0.2, 0.25) is 0 Å². The molecule has 178 valence electrons. The van der Waals surface area contributed by atoms with Crippen LogP contribution in [-0.2, 0) is 0 Å². The maximum absolute atomic E-state index is 2.41. The number of nitrogens with zero attached hydrogens (tertiary/aromatic N) is 1. The lowest BCUT2D eigenvalue weighted by atomic mass is 9.94. The predicted molar refractivity (Wildman–Crippen MR) is 166 cm³/mol. The molecule has 0 saturated carbocycles. The number of fused-ring (bicyclic) bond motifs is 3. The monoisotopic (exact) mass is 501 g/mol. The largest absolute Gasteiger partial charge is 0.309 e. The summed E-state index contributed by atoms with van der Waals surface area (Å²) in [7, 11) is 0. The highest BCUT2D eigenvalue weighted by Crippen LogP contribution is 2.50. The molecular weight excluding hydrogens is 478 g/mol. The minimum atomic E-state index is 1.15. The van der Waals surface area contributed by atoms with Crippen molar-refractivity contribution in [2.75, 3.05) is 4.90 Å². The van der Waals surface area contributed by atoms with Crippen molar-refractivity contribution >= 4 is 70.1 Å². The fourth-order valence-corrected chi connectivity index (χ4v) is 7.18. The van der Waals surface area contributed by atoms with Crippen molar-refractivity contribution < 1.29 is 0 Å². The van der Waals surface area contributed by atoms with Crippen LogP contribution in [0.25, 0.3) is 52.8 Å². The quantitative estimate of drug-likeness (QED) is 0.217. The number of anilines is 3. The van der Waals surface area contributed by atoms with E-state index in [0.29, 0.717) is 0 Å². The Morgan fingerprint density at radius 2 is 0.974 bits per heavy atom. The number of thiophene rings is 1. The molecule has 0 N–H and O–H groups in total. The summed E-state index contributed by atoms with van der Waals surface area (Å²) >= 11 is 1.90. The summed E-state index contributed by atoms with van der Waals surface area (Å²) in [6.07, 6.45) is 0. The van der Waals surface area contributed by atoms with Crippen LogP contribution >= 0.6 is 11.3 Å². The second-order valence-electron chi connectivity index (χ2n) is 9.75. The number of para-hydroxylation sites is 1. The predicted octanol–water partition coefficient (Wildman–Crippen LogP) is 10.9. The molecule has 1 aromatic heterocycles. The van der Waals surface area contributed by atoms with E-state index in [1.54, 1.807) is 0 Å². The molecule has 0 radical (unpaired) electrons. The zero-order valence-corrected chi connectivity index (χ0v) is 21.5. The van der Waals surface area contributed by atoms with Gasteiger partial charge in [0.1, 0.15) is 0 Å². The zero-order valence-electron chi connectivity index (χ0n) is 20.6. The Bertz CT molecular complexity index is 2060. The number of hydrogen-bond acceptors (Lipinski definition) is 2. The summed E-state index contributed by atoms with van der Waals surface area (Å²) in [5.41, 5.74) is 5.98. The van der Waals surface area contributed by atoms with Gasteiger partial charge in [-0.05, 0) is 69.1 Å². The second kappa shape index (κ2) is 8.44. The van der Waals surface area contributed by atoms with Gasteiger partial charge in [0.25, 0.3) is 0 Å². The summed E-state index contributed by atoms with van der Waals surface area (Å²) in [6, 6.07) is 50.5. The van der Waals surface area contributed by atoms with Crippen LogP contribution in [0.3, 0.4) is 0 Å². The van der Waals surface area contributed by atoms with Crippen molar-refractivity contribution in [2.45, 2.75) is 0 Å². The van der Waals surface area contributed by atoms with E-state index in [4.69, 9.17) is 0 Å². The highest BCUT2D eigenvalue weighted by atomic mass is 32.1. The summed E-state index contributed by atoms with van der Waals surface area (Å²) < 4.78 is 2.67. The SMILES string of the molecule is c1ccc(-c2ccc(N(c3ccccc3)c3ccc4c5ccccc5c5cccc6sc3c4c65)cc2)cc1. The highest BCUT2D eigenvalue weighted by Gasteiger charge is 2.22. The fraction of sp³-hybridized carbons (Fsp3) is 0. The van der Waals surface area contributed by atoms with Gasteiger partial charge in [-0.1, -0.05) is 103 Å². The lowest BCUT2D eigenvalue weighted by Crippen LogP contribution is -2.10. The first-order valence-corrected chi connectivity index (χ1v) is 13.8. The number of hydrogen-bond donors (Lipinski definition) is 0. The van der Waals surface area contributed by atoms with Crippen LogP contribution in [-0.4, -0.2) is 0 Å². The van der Waals surface area contributed by atoms with Crippen LogP contribution in [0.4, 0.5) is 17.1 Å². The Hall–Kier alpha value is -4.66. The molecular formula is C36H23NS. The van der Waals surface area contributed by atoms with E-state index in [0.717, 1.165) is 11.4 Å². The van der Waals surface area contributed by atoms with Crippen LogP contribution < -0.4 is 4.90 Å². The van der Waals surface area contributed by atoms with Crippen molar-refractivity contribution in [1.29, 1.82) is 0 Å². The smallest absolute Gasteiger partial charge is 0.0640 e. The first kappa shape index (κ1) is 21.4. The molecule has 0 spiro atoms. The van der Waals surface area contributed by atoms with Gasteiger partial charge in [0.2, 0.25) is 0 Å². The first-order valence-electron chi connectivity index (χ1n) is 13.0. The molecule has 7 aromatic carbocycles. The molecule has 8 aromatic rings. The third kappa shape index (κ3) is 3.17. The molecule has 0 amide bonds. The van der Waals surface area contributed by atoms with Crippen molar-refractivity contribution in [1.82, 2.24) is 0 Å². The fourth-order valence-electron chi connectivity index (χ4n) is 5.92. The average Bonchev–Trinajstić information content (AvgIpc) is 3.39. The molecule has 0 fully saturated rings. The molecule has 0 aliphatic heterocycles. The van der Waals surface area contributed by atoms with E-state index in [1.165, 1.54) is 58.5 Å². The molecule has 2 heteroatoms. The van der Waals surface area contributed by atoms with E-state index in [-0.39, 0.29) is 0 Å². The van der Waals surface area contributed by atoms with Gasteiger partial charge in [0.05, 0.1) is 10.4 Å². The number of benzene rings is 7. The van der Waals surface area contributed by atoms with Crippen molar-refractivity contribution in [2.24, 2.45) is 0 Å². The molecule has 0 aliphatic carbocycles. The normalized spacial score (nSPS) is 11.7. The lowest BCUT2D eigenvalue weighted by Gasteiger charge is -2.26. The summed E-state index contributed by atoms with van der Waals surface area (Å²) in [6.45, 7) is 0. The van der Waals surface area contributed by atoms with Crippen LogP contribution in [0, 0.1) is 0 Å². The van der Waals surface area contributed by atoms with Gasteiger partial charge in [0, 0.05) is 26.8 Å². The molecule has 0 atom stereocenters. The third-order valence-electron chi connectivity index (χ3n) is 7.62. The third-order valence-corrected chi connectivity index (χ3v) is 8.80. The minimum Gasteiger partial charge on any atom is -0.309 e. The van der Waals surface area contributed by atoms with Gasteiger partial charge in [-0.3, -0.25) is 0 Å². The topological polar surface area (TPSA) is 3.24 Å².